The van der Waals surface area contributed by atoms with Crippen LogP contribution in [0.25, 0.3) is 0 Å². The molecule has 1 unspecified atom stereocenters. The maximum atomic E-state index is 13.5. The quantitative estimate of drug-likeness (QED) is 0.731. The number of ether oxygens (including phenoxy) is 1. The number of carbonyl (C=O) groups excluding carboxylic acids is 3. The van der Waals surface area contributed by atoms with Crippen LogP contribution < -0.4 is 0 Å². The summed E-state index contributed by atoms with van der Waals surface area (Å²) in [4.78, 5) is 44.0. The first-order valence-corrected chi connectivity index (χ1v) is 9.96. The van der Waals surface area contributed by atoms with Crippen LogP contribution in [0.5, 0.6) is 0 Å². The van der Waals surface area contributed by atoms with Crippen molar-refractivity contribution in [2.75, 3.05) is 0 Å². The van der Waals surface area contributed by atoms with Gasteiger partial charge in [0, 0.05) is 47.9 Å². The third-order valence-corrected chi connectivity index (χ3v) is 6.06. The van der Waals surface area contributed by atoms with Crippen molar-refractivity contribution in [3.8, 4) is 0 Å². The smallest absolute Gasteiger partial charge is 0.229 e. The Morgan fingerprint density at radius 1 is 0.931 bits per heavy atom. The molecule has 2 heterocycles. The van der Waals surface area contributed by atoms with E-state index in [0.29, 0.717) is 40.9 Å². The highest BCUT2D eigenvalue weighted by Crippen LogP contribution is 2.51. The predicted molar refractivity (Wildman–Crippen MR) is 106 cm³/mol. The van der Waals surface area contributed by atoms with E-state index in [-0.39, 0.29) is 28.5 Å². The van der Waals surface area contributed by atoms with Crippen LogP contribution >= 0.6 is 0 Å². The first kappa shape index (κ1) is 18.0. The van der Waals surface area contributed by atoms with E-state index < -0.39 is 5.92 Å². The molecule has 1 aromatic heterocycles. The van der Waals surface area contributed by atoms with Crippen molar-refractivity contribution >= 4 is 17.3 Å². The highest BCUT2D eigenvalue weighted by atomic mass is 16.5. The Bertz CT molecular complexity index is 1100. The van der Waals surface area contributed by atoms with Gasteiger partial charge in [-0.3, -0.25) is 19.4 Å². The van der Waals surface area contributed by atoms with Gasteiger partial charge < -0.3 is 4.74 Å². The molecular weight excluding hydrogens is 366 g/mol. The second-order valence-electron chi connectivity index (χ2n) is 8.81. The van der Waals surface area contributed by atoms with Crippen molar-refractivity contribution in [2.24, 2.45) is 5.41 Å². The number of ketones is 3. The molecule has 3 aliphatic carbocycles. The maximum absolute atomic E-state index is 13.5. The number of rotatable bonds is 1. The van der Waals surface area contributed by atoms with Crippen molar-refractivity contribution in [3.05, 3.63) is 76.1 Å². The van der Waals surface area contributed by atoms with Gasteiger partial charge in [0.2, 0.25) is 5.78 Å². The van der Waals surface area contributed by atoms with Crippen molar-refractivity contribution < 1.29 is 19.1 Å². The summed E-state index contributed by atoms with van der Waals surface area (Å²) in [6, 6.07) is 3.60. The number of nitrogens with zero attached hydrogens (tertiary/aromatic N) is 1. The summed E-state index contributed by atoms with van der Waals surface area (Å²) in [6.45, 7) is 4.03. The highest BCUT2D eigenvalue weighted by molar-refractivity contribution is 6.30. The highest BCUT2D eigenvalue weighted by Gasteiger charge is 2.49. The summed E-state index contributed by atoms with van der Waals surface area (Å²) in [5, 5.41) is 0. The Morgan fingerprint density at radius 3 is 2.28 bits per heavy atom. The molecule has 0 fully saturated rings. The van der Waals surface area contributed by atoms with E-state index in [1.165, 1.54) is 0 Å². The fraction of sp³-hybridized carbons (Fsp3) is 0.333. The lowest BCUT2D eigenvalue weighted by molar-refractivity contribution is -0.122. The largest absolute Gasteiger partial charge is 0.457 e. The summed E-state index contributed by atoms with van der Waals surface area (Å²) in [5.41, 5.74) is 2.20. The van der Waals surface area contributed by atoms with Gasteiger partial charge >= 0.3 is 0 Å². The lowest BCUT2D eigenvalue weighted by Gasteiger charge is -2.40. The Hall–Kier alpha value is -3.08. The first-order valence-electron chi connectivity index (χ1n) is 9.96. The van der Waals surface area contributed by atoms with Crippen LogP contribution in [0.1, 0.15) is 51.0 Å². The zero-order valence-corrected chi connectivity index (χ0v) is 16.5. The number of hydrogen-bond acceptors (Lipinski definition) is 5. The van der Waals surface area contributed by atoms with E-state index >= 15 is 0 Å². The number of allylic oxidation sites excluding steroid dienone is 7. The van der Waals surface area contributed by atoms with Gasteiger partial charge in [0.15, 0.2) is 17.3 Å². The third kappa shape index (κ3) is 2.68. The molecule has 5 heteroatoms. The monoisotopic (exact) mass is 387 g/mol. The summed E-state index contributed by atoms with van der Waals surface area (Å²) in [6.07, 6.45) is 9.33. The summed E-state index contributed by atoms with van der Waals surface area (Å²) >= 11 is 0. The minimum absolute atomic E-state index is 0.0242. The molecule has 0 radical (unpaired) electrons. The van der Waals surface area contributed by atoms with Crippen molar-refractivity contribution in [1.29, 1.82) is 0 Å². The molecule has 146 valence electrons. The minimum Gasteiger partial charge on any atom is -0.457 e. The number of aromatic nitrogens is 1. The number of Topliss-reactive ketones (excluding diaryl/α,β-unsaturated/α-hetero) is 3. The number of pyridine rings is 1. The molecule has 0 N–H and O–H groups in total. The lowest BCUT2D eigenvalue weighted by Crippen LogP contribution is -2.38. The Labute approximate surface area is 168 Å². The topological polar surface area (TPSA) is 73.3 Å². The van der Waals surface area contributed by atoms with Crippen LogP contribution in [-0.4, -0.2) is 22.3 Å². The third-order valence-electron chi connectivity index (χ3n) is 6.06. The van der Waals surface area contributed by atoms with Crippen LogP contribution in [0.4, 0.5) is 0 Å². The molecule has 0 amide bonds. The number of hydrogen-bond donors (Lipinski definition) is 0. The van der Waals surface area contributed by atoms with Crippen molar-refractivity contribution in [3.63, 3.8) is 0 Å². The molecule has 0 aromatic carbocycles. The van der Waals surface area contributed by atoms with Gasteiger partial charge in [-0.2, -0.15) is 0 Å². The van der Waals surface area contributed by atoms with Crippen molar-refractivity contribution in [2.45, 2.75) is 45.4 Å². The van der Waals surface area contributed by atoms with Gasteiger partial charge in [-0.15, -0.1) is 0 Å². The standard InChI is InChI=1S/C24H21NO4/c1-24(2)11-16(26)19-17(12-24)29-23-20(18(19)13-7-9-25-10-8-13)21(27)14-5-3-4-6-15(14)22(23)28/h5-10,18H,3-4,11-12H2,1-2H3. The Morgan fingerprint density at radius 2 is 1.59 bits per heavy atom. The van der Waals surface area contributed by atoms with Gasteiger partial charge in [-0.25, -0.2) is 0 Å². The van der Waals surface area contributed by atoms with E-state index in [4.69, 9.17) is 4.74 Å². The molecule has 0 saturated heterocycles. The molecule has 0 spiro atoms. The van der Waals surface area contributed by atoms with Crippen molar-refractivity contribution in [1.82, 2.24) is 4.98 Å². The fourth-order valence-electron chi connectivity index (χ4n) is 4.81. The average molecular weight is 387 g/mol. The van der Waals surface area contributed by atoms with Crippen LogP contribution in [-0.2, 0) is 19.1 Å². The molecule has 0 saturated carbocycles. The zero-order valence-electron chi connectivity index (χ0n) is 16.5. The fourth-order valence-corrected chi connectivity index (χ4v) is 4.81. The van der Waals surface area contributed by atoms with E-state index in [2.05, 4.69) is 4.98 Å². The maximum Gasteiger partial charge on any atom is 0.229 e. The summed E-state index contributed by atoms with van der Waals surface area (Å²) in [7, 11) is 0. The van der Waals surface area contributed by atoms with Gasteiger partial charge in [-0.05, 0) is 36.0 Å². The van der Waals surface area contributed by atoms with E-state index in [1.54, 1.807) is 24.5 Å². The summed E-state index contributed by atoms with van der Waals surface area (Å²) < 4.78 is 6.07. The van der Waals surface area contributed by atoms with E-state index in [0.717, 1.165) is 18.4 Å². The average Bonchev–Trinajstić information content (AvgIpc) is 2.70. The molecule has 29 heavy (non-hydrogen) atoms. The van der Waals surface area contributed by atoms with Gasteiger partial charge in [0.1, 0.15) is 5.76 Å². The van der Waals surface area contributed by atoms with E-state index in [9.17, 15) is 14.4 Å². The van der Waals surface area contributed by atoms with Crippen LogP contribution in [0.2, 0.25) is 0 Å². The van der Waals surface area contributed by atoms with Crippen LogP contribution in [0.3, 0.4) is 0 Å². The Kier molecular flexibility index (Phi) is 3.85. The molecule has 0 bridgehead atoms. The van der Waals surface area contributed by atoms with Crippen LogP contribution in [0.15, 0.2) is 70.5 Å². The SMILES string of the molecule is CC1(C)CC(=O)C2=C(C1)OC1=C(C(=O)C3=CCCC=C3C1=O)C2c1ccncc1. The van der Waals surface area contributed by atoms with Crippen LogP contribution in [0, 0.1) is 5.41 Å². The molecule has 5 nitrogen and oxygen atoms in total. The molecule has 1 aromatic rings. The molecule has 4 aliphatic rings. The lowest BCUT2D eigenvalue weighted by atomic mass is 9.67. The normalized spacial score (nSPS) is 25.6. The predicted octanol–water partition coefficient (Wildman–Crippen LogP) is 3.89. The second kappa shape index (κ2) is 6.21. The number of fused-ring (bicyclic) bond motifs is 1. The zero-order chi connectivity index (χ0) is 20.3. The number of carbonyl (C=O) groups is 3. The molecular formula is C24H21NO4. The first-order chi connectivity index (χ1) is 13.9. The van der Waals surface area contributed by atoms with E-state index in [1.807, 2.05) is 26.0 Å². The van der Waals surface area contributed by atoms with Gasteiger partial charge in [0.05, 0.1) is 5.57 Å². The Balaban J connectivity index is 1.76. The molecule has 5 rings (SSSR count). The molecule has 1 aliphatic heterocycles. The van der Waals surface area contributed by atoms with Gasteiger partial charge in [0.25, 0.3) is 0 Å². The minimum atomic E-state index is -0.596. The molecule has 1 atom stereocenters. The summed E-state index contributed by atoms with van der Waals surface area (Å²) in [5.74, 6) is -0.475. The second-order valence-corrected chi connectivity index (χ2v) is 8.81. The van der Waals surface area contributed by atoms with Gasteiger partial charge in [-0.1, -0.05) is 26.0 Å².